The lowest BCUT2D eigenvalue weighted by Crippen LogP contribution is -2.46. The van der Waals surface area contributed by atoms with Crippen LogP contribution in [0.3, 0.4) is 0 Å². The molecule has 0 bridgehead atoms. The third kappa shape index (κ3) is 4.18. The summed E-state index contributed by atoms with van der Waals surface area (Å²) in [6.07, 6.45) is 0.547. The topological polar surface area (TPSA) is 67.2 Å². The van der Waals surface area contributed by atoms with E-state index in [1.165, 1.54) is 12.3 Å². The average Bonchev–Trinajstić information content (AvgIpc) is 2.61. The minimum absolute atomic E-state index is 0.437. The zero-order valence-electron chi connectivity index (χ0n) is 11.4. The van der Waals surface area contributed by atoms with Crippen molar-refractivity contribution < 1.29 is 18.7 Å². The molecule has 5 nitrogen and oxygen atoms in total. The van der Waals surface area contributed by atoms with Gasteiger partial charge in [0.1, 0.15) is 0 Å². The second-order valence-electron chi connectivity index (χ2n) is 5.83. The Morgan fingerprint density at radius 3 is 2.47 bits per heavy atom. The summed E-state index contributed by atoms with van der Waals surface area (Å²) >= 11 is 0. The van der Waals surface area contributed by atoms with Crippen LogP contribution in [0.5, 0.6) is 0 Å². The van der Waals surface area contributed by atoms with Crippen molar-refractivity contribution in [3.63, 3.8) is 0 Å². The van der Waals surface area contributed by atoms with Gasteiger partial charge in [-0.2, -0.15) is 13.9 Å². The van der Waals surface area contributed by atoms with Crippen LogP contribution in [0, 0.1) is 0 Å². The van der Waals surface area contributed by atoms with E-state index in [4.69, 9.17) is 5.11 Å². The SMILES string of the molecule is CC(C)(CC(C)(C)c1ccn(C(F)F)n1)NC(=O)O. The van der Waals surface area contributed by atoms with Gasteiger partial charge in [0.25, 0.3) is 0 Å². The molecule has 1 rings (SSSR count). The van der Waals surface area contributed by atoms with Gasteiger partial charge < -0.3 is 10.4 Å². The van der Waals surface area contributed by atoms with Gasteiger partial charge in [-0.3, -0.25) is 0 Å². The molecule has 0 aliphatic rings. The van der Waals surface area contributed by atoms with Gasteiger partial charge in [0, 0.05) is 17.2 Å². The quantitative estimate of drug-likeness (QED) is 0.868. The zero-order valence-corrected chi connectivity index (χ0v) is 11.4. The van der Waals surface area contributed by atoms with Crippen molar-refractivity contribution >= 4 is 6.09 Å². The number of amides is 1. The molecule has 0 saturated carbocycles. The molecule has 0 fully saturated rings. The molecule has 1 aromatic rings. The van der Waals surface area contributed by atoms with Crippen molar-refractivity contribution in [2.75, 3.05) is 0 Å². The molecule has 0 spiro atoms. The van der Waals surface area contributed by atoms with Crippen LogP contribution in [-0.2, 0) is 5.41 Å². The van der Waals surface area contributed by atoms with Gasteiger partial charge in [-0.05, 0) is 26.3 Å². The van der Waals surface area contributed by atoms with E-state index in [1.54, 1.807) is 13.8 Å². The smallest absolute Gasteiger partial charge is 0.405 e. The largest absolute Gasteiger partial charge is 0.465 e. The lowest BCUT2D eigenvalue weighted by atomic mass is 9.78. The van der Waals surface area contributed by atoms with Crippen LogP contribution in [0.25, 0.3) is 0 Å². The first kappa shape index (κ1) is 15.4. The molecule has 108 valence electrons. The van der Waals surface area contributed by atoms with Gasteiger partial charge in [-0.25, -0.2) is 9.48 Å². The molecule has 2 N–H and O–H groups in total. The van der Waals surface area contributed by atoms with E-state index < -0.39 is 23.6 Å². The van der Waals surface area contributed by atoms with Crippen molar-refractivity contribution in [1.29, 1.82) is 0 Å². The number of hydrogen-bond donors (Lipinski definition) is 2. The van der Waals surface area contributed by atoms with Crippen LogP contribution in [0.15, 0.2) is 12.3 Å². The molecule has 19 heavy (non-hydrogen) atoms. The average molecular weight is 275 g/mol. The molecule has 1 aromatic heterocycles. The third-order valence-electron chi connectivity index (χ3n) is 2.83. The molecule has 0 saturated heterocycles. The van der Waals surface area contributed by atoms with Gasteiger partial charge >= 0.3 is 12.6 Å². The summed E-state index contributed by atoms with van der Waals surface area (Å²) in [5.74, 6) is 0. The van der Waals surface area contributed by atoms with Crippen LogP contribution in [0.2, 0.25) is 0 Å². The Morgan fingerprint density at radius 2 is 2.05 bits per heavy atom. The summed E-state index contributed by atoms with van der Waals surface area (Å²) in [5.41, 5.74) is -0.691. The maximum Gasteiger partial charge on any atom is 0.405 e. The fourth-order valence-electron chi connectivity index (χ4n) is 2.34. The Morgan fingerprint density at radius 1 is 1.47 bits per heavy atom. The Balaban J connectivity index is 2.87. The number of hydrogen-bond acceptors (Lipinski definition) is 2. The van der Waals surface area contributed by atoms with Crippen LogP contribution in [0.4, 0.5) is 13.6 Å². The van der Waals surface area contributed by atoms with Crippen molar-refractivity contribution in [2.24, 2.45) is 0 Å². The summed E-state index contributed by atoms with van der Waals surface area (Å²) in [6.45, 7) is 4.50. The first-order valence-electron chi connectivity index (χ1n) is 5.88. The second-order valence-corrected chi connectivity index (χ2v) is 5.83. The highest BCUT2D eigenvalue weighted by atomic mass is 19.3. The summed E-state index contributed by atoms with van der Waals surface area (Å²) in [6, 6.07) is 1.53. The second kappa shape index (κ2) is 5.14. The number of alkyl halides is 2. The molecule has 7 heteroatoms. The van der Waals surface area contributed by atoms with Crippen LogP contribution >= 0.6 is 0 Å². The van der Waals surface area contributed by atoms with E-state index >= 15 is 0 Å². The molecule has 1 amide bonds. The fourth-order valence-corrected chi connectivity index (χ4v) is 2.34. The van der Waals surface area contributed by atoms with Gasteiger partial charge in [-0.1, -0.05) is 13.8 Å². The summed E-state index contributed by atoms with van der Waals surface area (Å²) in [5, 5.41) is 15.0. The monoisotopic (exact) mass is 275 g/mol. The number of aromatic nitrogens is 2. The number of carboxylic acid groups (broad SMARTS) is 1. The van der Waals surface area contributed by atoms with Gasteiger partial charge in [-0.15, -0.1) is 0 Å². The van der Waals surface area contributed by atoms with Gasteiger partial charge in [0.05, 0.1) is 5.69 Å². The molecular weight excluding hydrogens is 256 g/mol. The first-order valence-corrected chi connectivity index (χ1v) is 5.88. The van der Waals surface area contributed by atoms with Crippen LogP contribution in [0.1, 0.15) is 46.4 Å². The lowest BCUT2D eigenvalue weighted by molar-refractivity contribution is 0.0556. The number of halogens is 2. The first-order chi connectivity index (χ1) is 8.53. The number of nitrogens with one attached hydrogen (secondary N) is 1. The highest BCUT2D eigenvalue weighted by Crippen LogP contribution is 2.31. The van der Waals surface area contributed by atoms with E-state index in [1.807, 2.05) is 13.8 Å². The van der Waals surface area contributed by atoms with E-state index in [9.17, 15) is 13.6 Å². The Bertz CT molecular complexity index is 456. The van der Waals surface area contributed by atoms with Crippen molar-refractivity contribution in [3.8, 4) is 0 Å². The Hall–Kier alpha value is -1.66. The Labute approximate surface area is 110 Å². The predicted molar refractivity (Wildman–Crippen MR) is 66.4 cm³/mol. The molecular formula is C12H19F2N3O2. The molecule has 0 unspecified atom stereocenters. The van der Waals surface area contributed by atoms with Crippen molar-refractivity contribution in [2.45, 2.75) is 51.6 Å². The molecule has 0 atom stereocenters. The number of nitrogens with zero attached hydrogens (tertiary/aromatic N) is 2. The highest BCUT2D eigenvalue weighted by molar-refractivity contribution is 5.65. The van der Waals surface area contributed by atoms with E-state index in [2.05, 4.69) is 10.4 Å². The minimum Gasteiger partial charge on any atom is -0.465 e. The van der Waals surface area contributed by atoms with Gasteiger partial charge in [0.15, 0.2) is 0 Å². The molecule has 0 radical (unpaired) electrons. The lowest BCUT2D eigenvalue weighted by Gasteiger charge is -2.33. The molecule has 1 heterocycles. The summed E-state index contributed by atoms with van der Waals surface area (Å²) < 4.78 is 25.6. The standard InChI is InChI=1S/C12H19F2N3O2/c1-11(2,7-12(3,4)15-10(18)19)8-5-6-17(16-8)9(13)14/h5-6,9,15H,7H2,1-4H3,(H,18,19). The van der Waals surface area contributed by atoms with E-state index in [-0.39, 0.29) is 0 Å². The van der Waals surface area contributed by atoms with Gasteiger partial charge in [0.2, 0.25) is 0 Å². The fraction of sp³-hybridized carbons (Fsp3) is 0.667. The number of carbonyl (C=O) groups is 1. The highest BCUT2D eigenvalue weighted by Gasteiger charge is 2.33. The maximum absolute atomic E-state index is 12.5. The van der Waals surface area contributed by atoms with Crippen LogP contribution in [-0.4, -0.2) is 26.5 Å². The summed E-state index contributed by atoms with van der Waals surface area (Å²) in [7, 11) is 0. The van der Waals surface area contributed by atoms with Crippen molar-refractivity contribution in [1.82, 2.24) is 15.1 Å². The predicted octanol–water partition coefficient (Wildman–Crippen LogP) is 2.99. The molecule has 0 aromatic carbocycles. The third-order valence-corrected chi connectivity index (χ3v) is 2.83. The normalized spacial score (nSPS) is 12.8. The number of rotatable bonds is 5. The molecule has 0 aliphatic heterocycles. The summed E-state index contributed by atoms with van der Waals surface area (Å²) in [4.78, 5) is 10.7. The van der Waals surface area contributed by atoms with Crippen molar-refractivity contribution in [3.05, 3.63) is 18.0 Å². The Kier molecular flexibility index (Phi) is 4.17. The maximum atomic E-state index is 12.5. The van der Waals surface area contributed by atoms with E-state index in [0.29, 0.717) is 16.8 Å². The van der Waals surface area contributed by atoms with E-state index in [0.717, 1.165) is 0 Å². The molecule has 0 aliphatic carbocycles. The van der Waals surface area contributed by atoms with Crippen LogP contribution < -0.4 is 5.32 Å². The zero-order chi connectivity index (χ0) is 14.8. The minimum atomic E-state index is -2.67.